The Morgan fingerprint density at radius 3 is 2.73 bits per heavy atom. The minimum atomic E-state index is 0.0454. The molecule has 0 aliphatic heterocycles. The Bertz CT molecular complexity index is 312. The van der Waals surface area contributed by atoms with Crippen molar-refractivity contribution in [2.75, 3.05) is 6.61 Å². The number of halogens is 1. The first-order valence-corrected chi connectivity index (χ1v) is 6.12. The quantitative estimate of drug-likeness (QED) is 0.830. The molecular formula is C12H18BrNO. The van der Waals surface area contributed by atoms with E-state index in [1.807, 2.05) is 25.1 Å². The van der Waals surface area contributed by atoms with Crippen molar-refractivity contribution in [3.63, 3.8) is 0 Å². The SMILES string of the molecule is CCCCOc1ccc([C@H](C)N)c(Br)c1. The van der Waals surface area contributed by atoms with Crippen molar-refractivity contribution in [3.05, 3.63) is 28.2 Å². The first kappa shape index (κ1) is 12.5. The number of ether oxygens (including phenoxy) is 1. The molecular weight excluding hydrogens is 254 g/mol. The summed E-state index contributed by atoms with van der Waals surface area (Å²) in [5, 5.41) is 0. The lowest BCUT2D eigenvalue weighted by Crippen LogP contribution is -2.06. The van der Waals surface area contributed by atoms with Gasteiger partial charge in [-0.3, -0.25) is 0 Å². The molecule has 2 N–H and O–H groups in total. The summed E-state index contributed by atoms with van der Waals surface area (Å²) >= 11 is 3.50. The lowest BCUT2D eigenvalue weighted by atomic mass is 10.1. The summed E-state index contributed by atoms with van der Waals surface area (Å²) in [5.74, 6) is 0.903. The molecule has 0 bridgehead atoms. The summed E-state index contributed by atoms with van der Waals surface area (Å²) in [4.78, 5) is 0. The van der Waals surface area contributed by atoms with E-state index in [1.165, 1.54) is 0 Å². The highest BCUT2D eigenvalue weighted by Crippen LogP contribution is 2.26. The molecule has 3 heteroatoms. The Labute approximate surface area is 99.9 Å². The van der Waals surface area contributed by atoms with Crippen LogP contribution in [0, 0.1) is 0 Å². The maximum absolute atomic E-state index is 5.82. The Kier molecular flexibility index (Phi) is 5.12. The summed E-state index contributed by atoms with van der Waals surface area (Å²) < 4.78 is 6.61. The molecule has 15 heavy (non-hydrogen) atoms. The molecule has 1 atom stereocenters. The van der Waals surface area contributed by atoms with E-state index < -0.39 is 0 Å². The van der Waals surface area contributed by atoms with Gasteiger partial charge >= 0.3 is 0 Å². The first-order chi connectivity index (χ1) is 7.15. The zero-order valence-electron chi connectivity index (χ0n) is 9.29. The third-order valence-corrected chi connectivity index (χ3v) is 2.92. The van der Waals surface area contributed by atoms with Crippen LogP contribution in [0.2, 0.25) is 0 Å². The minimum absolute atomic E-state index is 0.0454. The van der Waals surface area contributed by atoms with Crippen molar-refractivity contribution in [1.82, 2.24) is 0 Å². The van der Waals surface area contributed by atoms with Gasteiger partial charge in [0.25, 0.3) is 0 Å². The second-order valence-electron chi connectivity index (χ2n) is 3.67. The zero-order valence-corrected chi connectivity index (χ0v) is 10.9. The molecule has 0 aromatic heterocycles. The van der Waals surface area contributed by atoms with Gasteiger partial charge < -0.3 is 10.5 Å². The number of hydrogen-bond donors (Lipinski definition) is 1. The topological polar surface area (TPSA) is 35.2 Å². The molecule has 1 rings (SSSR count). The average Bonchev–Trinajstić information content (AvgIpc) is 2.17. The Hall–Kier alpha value is -0.540. The Balaban J connectivity index is 2.65. The molecule has 1 aromatic carbocycles. The lowest BCUT2D eigenvalue weighted by molar-refractivity contribution is 0.309. The van der Waals surface area contributed by atoms with Crippen LogP contribution in [0.25, 0.3) is 0 Å². The molecule has 84 valence electrons. The van der Waals surface area contributed by atoms with E-state index in [2.05, 4.69) is 22.9 Å². The van der Waals surface area contributed by atoms with Crippen LogP contribution in [0.1, 0.15) is 38.3 Å². The van der Waals surface area contributed by atoms with Crippen LogP contribution in [-0.4, -0.2) is 6.61 Å². The van der Waals surface area contributed by atoms with Crippen molar-refractivity contribution in [2.24, 2.45) is 5.73 Å². The van der Waals surface area contributed by atoms with Crippen LogP contribution < -0.4 is 10.5 Å². The highest BCUT2D eigenvalue weighted by molar-refractivity contribution is 9.10. The van der Waals surface area contributed by atoms with Crippen molar-refractivity contribution in [1.29, 1.82) is 0 Å². The van der Waals surface area contributed by atoms with Gasteiger partial charge in [-0.05, 0) is 31.0 Å². The van der Waals surface area contributed by atoms with E-state index in [9.17, 15) is 0 Å². The van der Waals surface area contributed by atoms with Gasteiger partial charge in [-0.2, -0.15) is 0 Å². The molecule has 0 heterocycles. The Morgan fingerprint density at radius 1 is 1.47 bits per heavy atom. The third-order valence-electron chi connectivity index (χ3n) is 2.23. The maximum Gasteiger partial charge on any atom is 0.120 e. The molecule has 0 amide bonds. The second kappa shape index (κ2) is 6.13. The van der Waals surface area contributed by atoms with Crippen LogP contribution in [-0.2, 0) is 0 Å². The van der Waals surface area contributed by atoms with Gasteiger partial charge in [0.15, 0.2) is 0 Å². The van der Waals surface area contributed by atoms with Crippen molar-refractivity contribution in [3.8, 4) is 5.75 Å². The molecule has 0 spiro atoms. The lowest BCUT2D eigenvalue weighted by Gasteiger charge is -2.11. The minimum Gasteiger partial charge on any atom is -0.494 e. The van der Waals surface area contributed by atoms with Crippen molar-refractivity contribution in [2.45, 2.75) is 32.7 Å². The fraction of sp³-hybridized carbons (Fsp3) is 0.500. The maximum atomic E-state index is 5.82. The molecule has 0 aliphatic rings. The summed E-state index contributed by atoms with van der Waals surface area (Å²) in [6.07, 6.45) is 2.24. The van der Waals surface area contributed by atoms with Crippen molar-refractivity contribution >= 4 is 15.9 Å². The summed E-state index contributed by atoms with van der Waals surface area (Å²) in [7, 11) is 0. The molecule has 0 aliphatic carbocycles. The monoisotopic (exact) mass is 271 g/mol. The van der Waals surface area contributed by atoms with Crippen LogP contribution in [0.3, 0.4) is 0 Å². The van der Waals surface area contributed by atoms with Gasteiger partial charge in [0, 0.05) is 10.5 Å². The molecule has 0 fully saturated rings. The molecule has 2 nitrogen and oxygen atoms in total. The first-order valence-electron chi connectivity index (χ1n) is 5.33. The van der Waals surface area contributed by atoms with E-state index in [0.717, 1.165) is 35.2 Å². The fourth-order valence-corrected chi connectivity index (χ4v) is 2.02. The van der Waals surface area contributed by atoms with Gasteiger partial charge in [0.05, 0.1) is 6.61 Å². The Morgan fingerprint density at radius 2 is 2.20 bits per heavy atom. The number of rotatable bonds is 5. The molecule has 1 aromatic rings. The van der Waals surface area contributed by atoms with Crippen LogP contribution in [0.15, 0.2) is 22.7 Å². The van der Waals surface area contributed by atoms with Gasteiger partial charge in [0.2, 0.25) is 0 Å². The van der Waals surface area contributed by atoms with Gasteiger partial charge in [-0.25, -0.2) is 0 Å². The van der Waals surface area contributed by atoms with Crippen molar-refractivity contribution < 1.29 is 4.74 Å². The summed E-state index contributed by atoms with van der Waals surface area (Å²) in [6, 6.07) is 6.01. The van der Waals surface area contributed by atoms with E-state index >= 15 is 0 Å². The highest BCUT2D eigenvalue weighted by Gasteiger charge is 2.05. The molecule has 0 saturated heterocycles. The predicted molar refractivity (Wildman–Crippen MR) is 67.1 cm³/mol. The smallest absolute Gasteiger partial charge is 0.120 e. The summed E-state index contributed by atoms with van der Waals surface area (Å²) in [6.45, 7) is 4.90. The fourth-order valence-electron chi connectivity index (χ4n) is 1.30. The number of unbranched alkanes of at least 4 members (excludes halogenated alkanes) is 1. The molecule has 0 unspecified atom stereocenters. The highest BCUT2D eigenvalue weighted by atomic mass is 79.9. The molecule has 0 radical (unpaired) electrons. The molecule has 0 saturated carbocycles. The van der Waals surface area contributed by atoms with Gasteiger partial charge in [0.1, 0.15) is 5.75 Å². The number of nitrogens with two attached hydrogens (primary N) is 1. The van der Waals surface area contributed by atoms with Crippen LogP contribution >= 0.6 is 15.9 Å². The van der Waals surface area contributed by atoms with Gasteiger partial charge in [-0.1, -0.05) is 35.3 Å². The largest absolute Gasteiger partial charge is 0.494 e. The van der Waals surface area contributed by atoms with E-state index in [1.54, 1.807) is 0 Å². The average molecular weight is 272 g/mol. The van der Waals surface area contributed by atoms with E-state index in [-0.39, 0.29) is 6.04 Å². The number of benzene rings is 1. The van der Waals surface area contributed by atoms with E-state index in [4.69, 9.17) is 10.5 Å². The van der Waals surface area contributed by atoms with Crippen LogP contribution in [0.4, 0.5) is 0 Å². The van der Waals surface area contributed by atoms with Crippen LogP contribution in [0.5, 0.6) is 5.75 Å². The summed E-state index contributed by atoms with van der Waals surface area (Å²) in [5.41, 5.74) is 6.92. The number of hydrogen-bond acceptors (Lipinski definition) is 2. The zero-order chi connectivity index (χ0) is 11.3. The predicted octanol–water partition coefficient (Wildman–Crippen LogP) is 3.65. The normalized spacial score (nSPS) is 12.5. The second-order valence-corrected chi connectivity index (χ2v) is 4.53. The van der Waals surface area contributed by atoms with Gasteiger partial charge in [-0.15, -0.1) is 0 Å². The van der Waals surface area contributed by atoms with E-state index in [0.29, 0.717) is 0 Å². The third kappa shape index (κ3) is 3.84. The standard InChI is InChI=1S/C12H18BrNO/c1-3-4-7-15-10-5-6-11(9(2)14)12(13)8-10/h5-6,8-9H,3-4,7,14H2,1-2H3/t9-/m0/s1.